The number of nitrogens with one attached hydrogen (secondary N) is 1. The molecule has 0 fully saturated rings. The highest BCUT2D eigenvalue weighted by Crippen LogP contribution is 2.44. The second-order valence-electron chi connectivity index (χ2n) is 6.76. The molecule has 0 amide bonds. The number of hydrogen-bond donors (Lipinski definition) is 3. The van der Waals surface area contributed by atoms with Gasteiger partial charge < -0.3 is 19.6 Å². The van der Waals surface area contributed by atoms with Gasteiger partial charge in [0.25, 0.3) is 0 Å². The first-order valence-corrected chi connectivity index (χ1v) is 9.15. The maximum atomic E-state index is 14.8. The SMILES string of the molecule is Cc1ccc(C(=O)c2c(O)c(O)n(-c3ncc4[nH]cnc4n3)c2-c2ccccc2F)o1. The molecule has 3 N–H and O–H groups in total. The third kappa shape index (κ3) is 2.84. The summed E-state index contributed by atoms with van der Waals surface area (Å²) in [5, 5.41) is 21.4. The number of aromatic hydroxyl groups is 2. The number of benzene rings is 1. The Kier molecular flexibility index (Phi) is 4.07. The number of aromatic nitrogens is 5. The molecule has 4 heterocycles. The van der Waals surface area contributed by atoms with Crippen LogP contribution in [0.5, 0.6) is 11.6 Å². The molecule has 5 rings (SSSR count). The Morgan fingerprint density at radius 2 is 1.97 bits per heavy atom. The van der Waals surface area contributed by atoms with Gasteiger partial charge in [-0.2, -0.15) is 4.98 Å². The van der Waals surface area contributed by atoms with Crippen molar-refractivity contribution in [2.45, 2.75) is 6.92 Å². The summed E-state index contributed by atoms with van der Waals surface area (Å²) in [6, 6.07) is 8.67. The summed E-state index contributed by atoms with van der Waals surface area (Å²) < 4.78 is 21.2. The zero-order chi connectivity index (χ0) is 21.7. The van der Waals surface area contributed by atoms with Gasteiger partial charge in [0, 0.05) is 5.56 Å². The van der Waals surface area contributed by atoms with Crippen molar-refractivity contribution in [3.05, 3.63) is 71.8 Å². The molecule has 0 unspecified atom stereocenters. The van der Waals surface area contributed by atoms with Gasteiger partial charge >= 0.3 is 0 Å². The predicted molar refractivity (Wildman–Crippen MR) is 107 cm³/mol. The maximum Gasteiger partial charge on any atom is 0.243 e. The molecule has 0 aliphatic rings. The summed E-state index contributed by atoms with van der Waals surface area (Å²) in [7, 11) is 0. The van der Waals surface area contributed by atoms with Crippen LogP contribution in [0.1, 0.15) is 21.9 Å². The van der Waals surface area contributed by atoms with Crippen molar-refractivity contribution in [3.8, 4) is 28.8 Å². The van der Waals surface area contributed by atoms with E-state index in [1.165, 1.54) is 36.8 Å². The van der Waals surface area contributed by atoms with Crippen LogP contribution in [0, 0.1) is 12.7 Å². The van der Waals surface area contributed by atoms with Crippen molar-refractivity contribution in [2.75, 3.05) is 0 Å². The van der Waals surface area contributed by atoms with Gasteiger partial charge in [0.15, 0.2) is 17.2 Å². The number of ketones is 1. The second kappa shape index (κ2) is 6.80. The molecular weight excluding hydrogens is 405 g/mol. The van der Waals surface area contributed by atoms with Gasteiger partial charge in [-0.3, -0.25) is 4.79 Å². The molecule has 0 radical (unpaired) electrons. The van der Waals surface area contributed by atoms with Crippen LogP contribution in [0.4, 0.5) is 4.39 Å². The Bertz CT molecular complexity index is 1470. The number of fused-ring (bicyclic) bond motifs is 1. The molecule has 154 valence electrons. The molecule has 4 aromatic heterocycles. The van der Waals surface area contributed by atoms with Crippen molar-refractivity contribution < 1.29 is 23.8 Å². The third-order valence-corrected chi connectivity index (χ3v) is 4.80. The Labute approximate surface area is 173 Å². The molecule has 0 spiro atoms. The fraction of sp³-hybridized carbons (Fsp3) is 0.0476. The Morgan fingerprint density at radius 3 is 2.71 bits per heavy atom. The van der Waals surface area contributed by atoms with Crippen LogP contribution in [-0.2, 0) is 0 Å². The van der Waals surface area contributed by atoms with E-state index < -0.39 is 23.2 Å². The van der Waals surface area contributed by atoms with Crippen LogP contribution < -0.4 is 0 Å². The Morgan fingerprint density at radius 1 is 1.16 bits per heavy atom. The number of halogens is 1. The molecule has 0 bridgehead atoms. The van der Waals surface area contributed by atoms with Gasteiger partial charge in [-0.15, -0.1) is 0 Å². The number of H-pyrrole nitrogens is 1. The summed E-state index contributed by atoms with van der Waals surface area (Å²) in [4.78, 5) is 28.5. The van der Waals surface area contributed by atoms with Gasteiger partial charge in [0.05, 0.1) is 23.8 Å². The van der Waals surface area contributed by atoms with E-state index in [0.29, 0.717) is 11.3 Å². The minimum atomic E-state index is -0.747. The van der Waals surface area contributed by atoms with Gasteiger partial charge in [-0.25, -0.2) is 18.9 Å². The summed E-state index contributed by atoms with van der Waals surface area (Å²) in [6.45, 7) is 1.66. The van der Waals surface area contributed by atoms with Crippen LogP contribution in [0.3, 0.4) is 0 Å². The van der Waals surface area contributed by atoms with Crippen molar-refractivity contribution in [1.82, 2.24) is 24.5 Å². The fourth-order valence-electron chi connectivity index (χ4n) is 3.38. The van der Waals surface area contributed by atoms with Crippen molar-refractivity contribution in [3.63, 3.8) is 0 Å². The van der Waals surface area contributed by atoms with Gasteiger partial charge in [-0.05, 0) is 31.2 Å². The number of rotatable bonds is 4. The minimum Gasteiger partial charge on any atom is -0.503 e. The zero-order valence-electron chi connectivity index (χ0n) is 16.0. The highest BCUT2D eigenvalue weighted by molar-refractivity contribution is 6.14. The first-order chi connectivity index (χ1) is 15.0. The van der Waals surface area contributed by atoms with E-state index in [2.05, 4.69) is 19.9 Å². The first kappa shape index (κ1) is 18.6. The van der Waals surface area contributed by atoms with Crippen molar-refractivity contribution >= 4 is 16.9 Å². The van der Waals surface area contributed by atoms with Crippen LogP contribution in [0.25, 0.3) is 28.4 Å². The van der Waals surface area contributed by atoms with Crippen LogP contribution in [0.15, 0.2) is 53.3 Å². The molecule has 9 nitrogen and oxygen atoms in total. The normalized spacial score (nSPS) is 11.3. The number of carbonyl (C=O) groups excluding carboxylic acids is 1. The largest absolute Gasteiger partial charge is 0.503 e. The van der Waals surface area contributed by atoms with E-state index in [-0.39, 0.29) is 34.2 Å². The number of nitrogens with zero attached hydrogens (tertiary/aromatic N) is 4. The molecule has 0 atom stereocenters. The van der Waals surface area contributed by atoms with Gasteiger partial charge in [0.2, 0.25) is 17.6 Å². The molecule has 5 aromatic rings. The molecule has 31 heavy (non-hydrogen) atoms. The molecule has 0 saturated carbocycles. The van der Waals surface area contributed by atoms with Crippen LogP contribution in [-0.4, -0.2) is 40.5 Å². The number of hydrogen-bond acceptors (Lipinski definition) is 7. The number of furan rings is 1. The zero-order valence-corrected chi connectivity index (χ0v) is 16.0. The standard InChI is InChI=1S/C21H14FN5O4/c1-10-6-7-14(31-10)17(28)15-16(11-4-2-3-5-12(11)22)27(20(30)18(15)29)21-23-8-13-19(26-21)25-9-24-13/h2-9,29-30H,1H3,(H,23,24,25,26). The summed E-state index contributed by atoms with van der Waals surface area (Å²) in [5.41, 5.74) is 0.307. The predicted octanol–water partition coefficient (Wildman–Crippen LogP) is 3.49. The summed E-state index contributed by atoms with van der Waals surface area (Å²) >= 11 is 0. The van der Waals surface area contributed by atoms with Crippen molar-refractivity contribution in [1.29, 1.82) is 0 Å². The Balaban J connectivity index is 1.84. The smallest absolute Gasteiger partial charge is 0.243 e. The fourth-order valence-corrected chi connectivity index (χ4v) is 3.38. The molecule has 1 aromatic carbocycles. The monoisotopic (exact) mass is 419 g/mol. The highest BCUT2D eigenvalue weighted by Gasteiger charge is 2.33. The van der Waals surface area contributed by atoms with Gasteiger partial charge in [-0.1, -0.05) is 12.1 Å². The van der Waals surface area contributed by atoms with E-state index in [1.807, 2.05) is 0 Å². The Hall–Kier alpha value is -4.47. The third-order valence-electron chi connectivity index (χ3n) is 4.80. The van der Waals surface area contributed by atoms with E-state index in [4.69, 9.17) is 4.42 Å². The molecule has 0 saturated heterocycles. The highest BCUT2D eigenvalue weighted by atomic mass is 19.1. The average molecular weight is 419 g/mol. The van der Waals surface area contributed by atoms with Crippen LogP contribution in [0.2, 0.25) is 0 Å². The van der Waals surface area contributed by atoms with Crippen LogP contribution >= 0.6 is 0 Å². The van der Waals surface area contributed by atoms with Gasteiger partial charge in [0.1, 0.15) is 17.1 Å². The number of aromatic amines is 1. The molecule has 0 aliphatic carbocycles. The average Bonchev–Trinajstić information content (AvgIpc) is 3.46. The number of imidazole rings is 1. The number of carbonyl (C=O) groups is 1. The quantitative estimate of drug-likeness (QED) is 0.380. The van der Waals surface area contributed by atoms with E-state index >= 15 is 0 Å². The van der Waals surface area contributed by atoms with Crippen molar-refractivity contribution in [2.24, 2.45) is 0 Å². The maximum absolute atomic E-state index is 14.8. The van der Waals surface area contributed by atoms with E-state index in [9.17, 15) is 19.4 Å². The molecule has 0 aliphatic heterocycles. The number of aryl methyl sites for hydroxylation is 1. The summed E-state index contributed by atoms with van der Waals surface area (Å²) in [6.07, 6.45) is 2.84. The van der Waals surface area contributed by atoms with E-state index in [1.54, 1.807) is 19.1 Å². The first-order valence-electron chi connectivity index (χ1n) is 9.15. The lowest BCUT2D eigenvalue weighted by Gasteiger charge is -2.10. The molecular formula is C21H14FN5O4. The lowest BCUT2D eigenvalue weighted by molar-refractivity contribution is 0.101. The second-order valence-corrected chi connectivity index (χ2v) is 6.76. The summed E-state index contributed by atoms with van der Waals surface area (Å²) in [5.74, 6) is -2.59. The minimum absolute atomic E-state index is 0.0459. The lowest BCUT2D eigenvalue weighted by Crippen LogP contribution is -2.07. The molecule has 10 heteroatoms. The lowest BCUT2D eigenvalue weighted by atomic mass is 10.0. The van der Waals surface area contributed by atoms with E-state index in [0.717, 1.165) is 4.57 Å². The topological polar surface area (TPSA) is 130 Å².